The Morgan fingerprint density at radius 1 is 0.600 bits per heavy atom. The third-order valence-electron chi connectivity index (χ3n) is 5.91. The van der Waals surface area contributed by atoms with Crippen molar-refractivity contribution in [3.63, 3.8) is 0 Å². The number of nitrogens with zero attached hydrogens (tertiary/aromatic N) is 6. The van der Waals surface area contributed by atoms with Crippen LogP contribution in [0.3, 0.4) is 0 Å². The van der Waals surface area contributed by atoms with Crippen molar-refractivity contribution in [2.75, 3.05) is 0 Å². The van der Waals surface area contributed by atoms with Crippen molar-refractivity contribution in [2.45, 2.75) is 0 Å². The summed E-state index contributed by atoms with van der Waals surface area (Å²) in [6, 6.07) is 20.9. The molecule has 6 aromatic rings. The van der Waals surface area contributed by atoms with Gasteiger partial charge in [-0.15, -0.1) is 0 Å². The first kappa shape index (κ1) is 17.0. The molecule has 30 heavy (non-hydrogen) atoms. The van der Waals surface area contributed by atoms with Gasteiger partial charge in [-0.1, -0.05) is 12.1 Å². The smallest absolute Gasteiger partial charge is 0.140 e. The maximum Gasteiger partial charge on any atom is 0.140 e. The van der Waals surface area contributed by atoms with Crippen molar-refractivity contribution in [3.05, 3.63) is 67.0 Å². The second-order valence-electron chi connectivity index (χ2n) is 7.74. The van der Waals surface area contributed by atoms with E-state index in [0.717, 1.165) is 55.9 Å². The van der Waals surface area contributed by atoms with E-state index in [4.69, 9.17) is 9.97 Å². The van der Waals surface area contributed by atoms with Crippen LogP contribution in [0.1, 0.15) is 0 Å². The molecule has 6 nitrogen and oxygen atoms in total. The summed E-state index contributed by atoms with van der Waals surface area (Å²) in [5.74, 6) is 1.90. The molecule has 0 aliphatic carbocycles. The normalized spacial score (nSPS) is 11.8. The predicted molar refractivity (Wildman–Crippen MR) is 120 cm³/mol. The molecule has 0 amide bonds. The minimum Gasteiger partial charge on any atom is -0.334 e. The van der Waals surface area contributed by atoms with Crippen molar-refractivity contribution < 1.29 is 0 Å². The second kappa shape index (κ2) is 6.03. The van der Waals surface area contributed by atoms with E-state index in [-0.39, 0.29) is 0 Å². The van der Waals surface area contributed by atoms with E-state index in [9.17, 15) is 0 Å². The van der Waals surface area contributed by atoms with Gasteiger partial charge in [-0.05, 0) is 48.5 Å². The van der Waals surface area contributed by atoms with E-state index >= 15 is 0 Å². The number of benzene rings is 3. The molecule has 3 heterocycles. The van der Waals surface area contributed by atoms with Gasteiger partial charge in [0.05, 0.1) is 39.4 Å². The Morgan fingerprint density at radius 3 is 1.93 bits per heavy atom. The van der Waals surface area contributed by atoms with Gasteiger partial charge in [-0.3, -0.25) is 0 Å². The third kappa shape index (κ3) is 2.33. The van der Waals surface area contributed by atoms with E-state index in [1.807, 2.05) is 36.1 Å². The number of para-hydroxylation sites is 2. The van der Waals surface area contributed by atoms with Crippen molar-refractivity contribution in [1.29, 1.82) is 0 Å². The summed E-state index contributed by atoms with van der Waals surface area (Å²) in [6.45, 7) is 0. The number of fused-ring (bicyclic) bond motifs is 3. The minimum absolute atomic E-state index is 0.940. The van der Waals surface area contributed by atoms with Gasteiger partial charge in [-0.25, -0.2) is 15.0 Å². The highest BCUT2D eigenvalue weighted by Crippen LogP contribution is 2.30. The van der Waals surface area contributed by atoms with E-state index < -0.39 is 0 Å². The Balaban J connectivity index is 1.52. The van der Waals surface area contributed by atoms with Crippen LogP contribution in [0.4, 0.5) is 0 Å². The van der Waals surface area contributed by atoms with Crippen molar-refractivity contribution in [2.24, 2.45) is 21.1 Å². The molecule has 0 N–H and O–H groups in total. The number of hydrogen-bond acceptors (Lipinski definition) is 3. The summed E-state index contributed by atoms with van der Waals surface area (Å²) >= 11 is 0. The lowest BCUT2D eigenvalue weighted by atomic mass is 10.2. The zero-order valence-corrected chi connectivity index (χ0v) is 17.0. The first-order chi connectivity index (χ1) is 14.6. The summed E-state index contributed by atoms with van der Waals surface area (Å²) in [4.78, 5) is 14.2. The molecule has 0 aliphatic rings. The van der Waals surface area contributed by atoms with E-state index in [1.165, 1.54) is 0 Å². The average Bonchev–Trinajstić information content (AvgIpc) is 3.42. The lowest BCUT2D eigenvalue weighted by Crippen LogP contribution is -1.95. The minimum atomic E-state index is 0.940. The van der Waals surface area contributed by atoms with Gasteiger partial charge in [0, 0.05) is 32.3 Å². The molecule has 3 aromatic carbocycles. The summed E-state index contributed by atoms with van der Waals surface area (Å²) < 4.78 is 6.33. The number of hydrogen-bond donors (Lipinski definition) is 0. The fourth-order valence-corrected chi connectivity index (χ4v) is 4.26. The lowest BCUT2D eigenvalue weighted by Gasteiger charge is -2.05. The van der Waals surface area contributed by atoms with Crippen LogP contribution in [0.15, 0.2) is 67.0 Å². The Labute approximate surface area is 173 Å². The van der Waals surface area contributed by atoms with Crippen LogP contribution < -0.4 is 0 Å². The molecule has 0 unspecified atom stereocenters. The zero-order chi connectivity index (χ0) is 20.4. The molecule has 0 aliphatic heterocycles. The van der Waals surface area contributed by atoms with Crippen LogP contribution in [0.5, 0.6) is 0 Å². The molecule has 0 atom stereocenters. The molecular weight excluding hydrogens is 372 g/mol. The number of imidazole rings is 3. The molecule has 146 valence electrons. The quantitative estimate of drug-likeness (QED) is 0.430. The maximum absolute atomic E-state index is 4.91. The highest BCUT2D eigenvalue weighted by molar-refractivity contribution is 5.88. The molecule has 3 aromatic heterocycles. The molecule has 0 bridgehead atoms. The molecule has 6 heteroatoms. The average molecular weight is 392 g/mol. The Bertz CT molecular complexity index is 1580. The monoisotopic (exact) mass is 392 g/mol. The Hall–Kier alpha value is -3.93. The maximum atomic E-state index is 4.91. The molecule has 0 radical (unpaired) electrons. The third-order valence-corrected chi connectivity index (χ3v) is 5.91. The highest BCUT2D eigenvalue weighted by atomic mass is 15.1. The molecule has 6 rings (SSSR count). The van der Waals surface area contributed by atoms with Crippen molar-refractivity contribution in [1.82, 2.24) is 28.7 Å². The molecule has 0 spiro atoms. The fraction of sp³-hybridized carbons (Fsp3) is 0.125. The van der Waals surface area contributed by atoms with E-state index in [2.05, 4.69) is 70.7 Å². The number of rotatable bonds is 2. The number of aryl methyl sites for hydroxylation is 3. The summed E-state index contributed by atoms with van der Waals surface area (Å²) in [7, 11) is 6.14. The van der Waals surface area contributed by atoms with Crippen molar-refractivity contribution in [3.8, 4) is 22.8 Å². The van der Waals surface area contributed by atoms with Crippen LogP contribution in [-0.2, 0) is 21.1 Å². The Kier molecular flexibility index (Phi) is 3.41. The van der Waals surface area contributed by atoms with Gasteiger partial charge in [0.25, 0.3) is 0 Å². The second-order valence-corrected chi connectivity index (χ2v) is 7.74. The molecule has 0 saturated heterocycles. The first-order valence-corrected chi connectivity index (χ1v) is 9.90. The molecular formula is C24H20N6. The van der Waals surface area contributed by atoms with Gasteiger partial charge in [-0.2, -0.15) is 0 Å². The Morgan fingerprint density at radius 2 is 1.20 bits per heavy atom. The molecule has 0 saturated carbocycles. The van der Waals surface area contributed by atoms with Gasteiger partial charge in [0.2, 0.25) is 0 Å². The first-order valence-electron chi connectivity index (χ1n) is 9.90. The van der Waals surface area contributed by atoms with Gasteiger partial charge in [0.15, 0.2) is 0 Å². The standard InChI is InChI=1S/C24H20N6/c1-28-14-25-17-10-8-15(12-21(17)28)24-27-19-11-9-16(13-22(19)30(24)3)23-26-18-6-4-5-7-20(18)29(23)2/h4-14H,1-3H3. The zero-order valence-electron chi connectivity index (χ0n) is 17.0. The molecule has 0 fully saturated rings. The fourth-order valence-electron chi connectivity index (χ4n) is 4.26. The van der Waals surface area contributed by atoms with Crippen molar-refractivity contribution >= 4 is 33.1 Å². The topological polar surface area (TPSA) is 53.5 Å². The van der Waals surface area contributed by atoms with Crippen LogP contribution in [-0.4, -0.2) is 28.7 Å². The van der Waals surface area contributed by atoms with Crippen LogP contribution in [0.2, 0.25) is 0 Å². The summed E-state index contributed by atoms with van der Waals surface area (Å²) in [5, 5.41) is 0. The van der Waals surface area contributed by atoms with Gasteiger partial charge >= 0.3 is 0 Å². The lowest BCUT2D eigenvalue weighted by molar-refractivity contribution is 0.944. The number of aromatic nitrogens is 6. The van der Waals surface area contributed by atoms with Gasteiger partial charge in [0.1, 0.15) is 11.6 Å². The van der Waals surface area contributed by atoms with Gasteiger partial charge < -0.3 is 13.7 Å². The largest absolute Gasteiger partial charge is 0.334 e. The van der Waals surface area contributed by atoms with E-state index in [0.29, 0.717) is 0 Å². The summed E-state index contributed by atoms with van der Waals surface area (Å²) in [6.07, 6.45) is 1.84. The van der Waals surface area contributed by atoms with E-state index in [1.54, 1.807) is 0 Å². The van der Waals surface area contributed by atoms with Crippen LogP contribution >= 0.6 is 0 Å². The summed E-state index contributed by atoms with van der Waals surface area (Å²) in [5.41, 5.74) is 8.43. The predicted octanol–water partition coefficient (Wildman–Crippen LogP) is 4.68. The SMILES string of the molecule is Cn1cnc2ccc(-c3nc4ccc(-c5nc6ccccc6n5C)cc4n3C)cc21. The van der Waals surface area contributed by atoms with Crippen LogP contribution in [0.25, 0.3) is 55.9 Å². The van der Waals surface area contributed by atoms with Crippen LogP contribution in [0, 0.1) is 0 Å². The highest BCUT2D eigenvalue weighted by Gasteiger charge is 2.15.